The molecule has 8 rings (SSSR count). The summed E-state index contributed by atoms with van der Waals surface area (Å²) < 4.78 is 1.74. The first-order chi connectivity index (χ1) is 28.7. The number of hydrogen-bond acceptors (Lipinski definition) is 12. The lowest BCUT2D eigenvalue weighted by Gasteiger charge is -2.49. The Hall–Kier alpha value is -5.86. The molecule has 2 aromatic carbocycles. The summed E-state index contributed by atoms with van der Waals surface area (Å²) in [6.07, 6.45) is 11.4. The molecule has 0 unspecified atom stereocenters. The van der Waals surface area contributed by atoms with Crippen LogP contribution in [-0.4, -0.2) is 98.9 Å². The van der Waals surface area contributed by atoms with Gasteiger partial charge in [-0.25, -0.2) is 0 Å². The van der Waals surface area contributed by atoms with Gasteiger partial charge < -0.3 is 30.6 Å². The summed E-state index contributed by atoms with van der Waals surface area (Å²) in [5, 5.41) is 57.3. The Morgan fingerprint density at radius 3 is 1.36 bits per heavy atom. The van der Waals surface area contributed by atoms with E-state index in [1.165, 1.54) is 0 Å². The number of rotatable bonds is 8. The monoisotopic (exact) mass is 827 g/mol. The molecule has 0 saturated carbocycles. The lowest BCUT2D eigenvalue weighted by Crippen LogP contribution is -2.62. The minimum Gasteiger partial charge on any atom is -0.507 e. The van der Waals surface area contributed by atoms with Crippen molar-refractivity contribution >= 4 is 11.6 Å². The molecule has 0 atom stereocenters. The van der Waals surface area contributed by atoms with Crippen molar-refractivity contribution in [3.8, 4) is 56.3 Å². The van der Waals surface area contributed by atoms with Crippen LogP contribution in [0, 0.1) is 0 Å². The number of aromatic hydroxyl groups is 2. The minimum atomic E-state index is 0.0653. The smallest absolute Gasteiger partial charge is 0.151 e. The van der Waals surface area contributed by atoms with Gasteiger partial charge in [0.05, 0.1) is 23.8 Å². The molecule has 61 heavy (non-hydrogen) atoms. The van der Waals surface area contributed by atoms with Crippen molar-refractivity contribution in [1.82, 2.24) is 51.0 Å². The van der Waals surface area contributed by atoms with Crippen LogP contribution in [-0.2, 0) is 7.05 Å². The van der Waals surface area contributed by atoms with Crippen molar-refractivity contribution < 1.29 is 10.2 Å². The SMILES string of the molecule is CN(c1ccc(-c2ccc(-c3cn[nH]c3)cc2O)nn1)C1CC(C)(C)NC(C)(C)C1.CN(c1ccc(-c2ccc(-c3cnn(C)c3)cc2O)nn1)C1CC(C)(C)NC(C)(C)C1. The van der Waals surface area contributed by atoms with Gasteiger partial charge in [-0.2, -0.15) is 10.2 Å². The van der Waals surface area contributed by atoms with E-state index in [0.717, 1.165) is 59.6 Å². The average molecular weight is 827 g/mol. The third-order valence-corrected chi connectivity index (χ3v) is 11.9. The van der Waals surface area contributed by atoms with E-state index < -0.39 is 0 Å². The lowest BCUT2D eigenvalue weighted by atomic mass is 9.79. The van der Waals surface area contributed by atoms with Crippen molar-refractivity contribution in [2.24, 2.45) is 7.05 Å². The zero-order chi connectivity index (χ0) is 43.9. The molecule has 6 aromatic rings. The molecule has 2 fully saturated rings. The molecule has 322 valence electrons. The highest BCUT2D eigenvalue weighted by Crippen LogP contribution is 2.37. The fourth-order valence-corrected chi connectivity index (χ4v) is 9.61. The molecule has 14 heteroatoms. The first-order valence-corrected chi connectivity index (χ1v) is 21.0. The van der Waals surface area contributed by atoms with Crippen LogP contribution >= 0.6 is 0 Å². The number of aromatic nitrogens is 8. The van der Waals surface area contributed by atoms with Gasteiger partial charge in [-0.1, -0.05) is 12.1 Å². The summed E-state index contributed by atoms with van der Waals surface area (Å²) in [7, 11) is 6.05. The zero-order valence-electron chi connectivity index (χ0n) is 37.5. The van der Waals surface area contributed by atoms with Crippen LogP contribution in [0.5, 0.6) is 11.5 Å². The fourth-order valence-electron chi connectivity index (χ4n) is 9.61. The van der Waals surface area contributed by atoms with Crippen molar-refractivity contribution in [2.45, 2.75) is 115 Å². The third-order valence-electron chi connectivity index (χ3n) is 11.9. The number of piperidine rings is 2. The Labute approximate surface area is 359 Å². The molecule has 2 saturated heterocycles. The van der Waals surface area contributed by atoms with Gasteiger partial charge in [0.15, 0.2) is 11.6 Å². The zero-order valence-corrected chi connectivity index (χ0v) is 37.5. The number of phenolic OH excluding ortho intramolecular Hbond substituents is 2. The number of hydrogen-bond donors (Lipinski definition) is 5. The highest BCUT2D eigenvalue weighted by Gasteiger charge is 2.40. The minimum absolute atomic E-state index is 0.0653. The van der Waals surface area contributed by atoms with E-state index >= 15 is 0 Å². The number of H-pyrrole nitrogens is 1. The van der Waals surface area contributed by atoms with Crippen LogP contribution in [0.2, 0.25) is 0 Å². The number of aryl methyl sites for hydroxylation is 1. The predicted molar refractivity (Wildman–Crippen MR) is 243 cm³/mol. The topological polar surface area (TPSA) is 169 Å². The van der Waals surface area contributed by atoms with Crippen LogP contribution in [0.25, 0.3) is 44.8 Å². The van der Waals surface area contributed by atoms with E-state index in [1.807, 2.05) is 61.8 Å². The summed E-state index contributed by atoms with van der Waals surface area (Å²) in [6.45, 7) is 18.0. The molecule has 14 nitrogen and oxygen atoms in total. The largest absolute Gasteiger partial charge is 0.507 e. The third kappa shape index (κ3) is 10.2. The van der Waals surface area contributed by atoms with Gasteiger partial charge >= 0.3 is 0 Å². The molecule has 2 aliphatic rings. The van der Waals surface area contributed by atoms with E-state index in [-0.39, 0.29) is 33.7 Å². The molecule has 4 aromatic heterocycles. The molecular weight excluding hydrogens is 765 g/mol. The maximum atomic E-state index is 10.6. The number of benzene rings is 2. The van der Waals surface area contributed by atoms with Crippen LogP contribution < -0.4 is 20.4 Å². The molecule has 0 spiro atoms. The summed E-state index contributed by atoms with van der Waals surface area (Å²) in [5.41, 5.74) is 6.58. The number of phenols is 2. The molecule has 0 aliphatic carbocycles. The second-order valence-corrected chi connectivity index (χ2v) is 19.5. The predicted octanol–water partition coefficient (Wildman–Crippen LogP) is 7.98. The molecule has 6 heterocycles. The van der Waals surface area contributed by atoms with Crippen molar-refractivity contribution in [1.29, 1.82) is 0 Å². The normalized spacial score (nSPS) is 18.2. The Morgan fingerprint density at radius 2 is 1.02 bits per heavy atom. The van der Waals surface area contributed by atoms with E-state index in [9.17, 15) is 10.2 Å². The summed E-state index contributed by atoms with van der Waals surface area (Å²) >= 11 is 0. The average Bonchev–Trinajstić information content (AvgIpc) is 3.88. The van der Waals surface area contributed by atoms with Gasteiger partial charge in [0.2, 0.25) is 0 Å². The van der Waals surface area contributed by atoms with Gasteiger partial charge in [0.1, 0.15) is 11.5 Å². The van der Waals surface area contributed by atoms with Crippen LogP contribution in [0.1, 0.15) is 81.1 Å². The highest BCUT2D eigenvalue weighted by atomic mass is 16.3. The molecule has 0 radical (unpaired) electrons. The van der Waals surface area contributed by atoms with Gasteiger partial charge in [0.25, 0.3) is 0 Å². The Balaban J connectivity index is 0.000000184. The van der Waals surface area contributed by atoms with Crippen LogP contribution in [0.3, 0.4) is 0 Å². The van der Waals surface area contributed by atoms with Crippen molar-refractivity contribution in [2.75, 3.05) is 23.9 Å². The van der Waals surface area contributed by atoms with Crippen LogP contribution in [0.15, 0.2) is 85.5 Å². The van der Waals surface area contributed by atoms with Gasteiger partial charge in [-0.3, -0.25) is 9.78 Å². The van der Waals surface area contributed by atoms with Crippen LogP contribution in [0.4, 0.5) is 11.6 Å². The van der Waals surface area contributed by atoms with E-state index in [4.69, 9.17) is 0 Å². The molecule has 0 bridgehead atoms. The maximum absolute atomic E-state index is 10.6. The first-order valence-electron chi connectivity index (χ1n) is 21.0. The number of anilines is 2. The molecule has 2 aliphatic heterocycles. The fraction of sp³-hybridized carbons (Fsp3) is 0.447. The Bertz CT molecular complexity index is 2390. The quantitative estimate of drug-likeness (QED) is 0.101. The summed E-state index contributed by atoms with van der Waals surface area (Å²) in [4.78, 5) is 4.45. The Morgan fingerprint density at radius 1 is 0.574 bits per heavy atom. The Kier molecular flexibility index (Phi) is 11.7. The summed E-state index contributed by atoms with van der Waals surface area (Å²) in [5.74, 6) is 2.03. The van der Waals surface area contributed by atoms with Crippen molar-refractivity contribution in [3.63, 3.8) is 0 Å². The molecule has 5 N–H and O–H groups in total. The first kappa shape index (κ1) is 43.2. The van der Waals surface area contributed by atoms with E-state index in [0.29, 0.717) is 34.6 Å². The van der Waals surface area contributed by atoms with Gasteiger partial charge in [-0.05, 0) is 141 Å². The highest BCUT2D eigenvalue weighted by molar-refractivity contribution is 5.75. The maximum Gasteiger partial charge on any atom is 0.151 e. The standard InChI is InChI=1S/C24H32N6O.C23H30N6O/c1-23(2)12-18(13-24(3,4)28-23)30(6)22-10-9-20(26-27-22)19-8-7-16(11-21(19)31)17-14-25-29(5)15-17;1-22(2)11-17(12-23(3,4)28-22)29(5)21-9-8-19(26-27-21)18-7-6-15(10-20(18)30)16-13-24-25-14-16/h7-11,14-15,18,28,31H,12-13H2,1-6H3;6-10,13-14,17,28,30H,11-12H2,1-5H3,(H,24,25). The second-order valence-electron chi connectivity index (χ2n) is 19.5. The van der Waals surface area contributed by atoms with Gasteiger partial charge in [-0.15, -0.1) is 20.4 Å². The number of aromatic amines is 1. The lowest BCUT2D eigenvalue weighted by molar-refractivity contribution is 0.160. The van der Waals surface area contributed by atoms with Crippen molar-refractivity contribution in [3.05, 3.63) is 85.5 Å². The second kappa shape index (κ2) is 16.5. The molecule has 0 amide bonds. The van der Waals surface area contributed by atoms with E-state index in [1.54, 1.807) is 35.4 Å². The number of nitrogens with zero attached hydrogens (tertiary/aromatic N) is 9. The van der Waals surface area contributed by atoms with E-state index in [2.05, 4.69) is 126 Å². The summed E-state index contributed by atoms with van der Waals surface area (Å²) in [6, 6.07) is 19.7. The van der Waals surface area contributed by atoms with Gasteiger partial charge in [0, 0.05) is 90.0 Å². The number of nitrogens with one attached hydrogen (secondary N) is 3. The molecular formula is C47H62N12O2.